The molecule has 0 fully saturated rings. The standard InChI is InChI=1S/C22H15F3N4O2/c1-13-27-19-18(9-4-10-26-19)21(31)29(13)17-8-3-7-16(12-17)28-20(30)14-5-2-6-15(11-14)22(23,24)25/h2-12H,1H3,(H,28,30). The van der Waals surface area contributed by atoms with Gasteiger partial charge < -0.3 is 5.32 Å². The number of aryl methyl sites for hydroxylation is 1. The molecule has 2 aromatic carbocycles. The summed E-state index contributed by atoms with van der Waals surface area (Å²) in [5.74, 6) is -0.300. The van der Waals surface area contributed by atoms with Crippen molar-refractivity contribution < 1.29 is 18.0 Å². The Morgan fingerprint density at radius 3 is 2.58 bits per heavy atom. The van der Waals surface area contributed by atoms with Crippen molar-refractivity contribution in [1.29, 1.82) is 0 Å². The maximum absolute atomic E-state index is 12.9. The van der Waals surface area contributed by atoms with Crippen LogP contribution in [-0.2, 0) is 6.18 Å². The molecule has 2 heterocycles. The van der Waals surface area contributed by atoms with Gasteiger partial charge in [0.2, 0.25) is 0 Å². The molecule has 31 heavy (non-hydrogen) atoms. The van der Waals surface area contributed by atoms with Crippen LogP contribution < -0.4 is 10.9 Å². The summed E-state index contributed by atoms with van der Waals surface area (Å²) in [5, 5.41) is 2.91. The van der Waals surface area contributed by atoms with Gasteiger partial charge >= 0.3 is 6.18 Å². The number of halogens is 3. The highest BCUT2D eigenvalue weighted by Crippen LogP contribution is 2.29. The van der Waals surface area contributed by atoms with Crippen molar-refractivity contribution in [2.24, 2.45) is 0 Å². The number of amides is 1. The van der Waals surface area contributed by atoms with Crippen molar-refractivity contribution in [2.75, 3.05) is 5.32 Å². The van der Waals surface area contributed by atoms with Gasteiger partial charge in [0.25, 0.3) is 11.5 Å². The van der Waals surface area contributed by atoms with E-state index in [0.717, 1.165) is 12.1 Å². The second-order valence-corrected chi connectivity index (χ2v) is 6.76. The molecule has 1 amide bonds. The molecule has 0 saturated heterocycles. The van der Waals surface area contributed by atoms with Gasteiger partial charge in [-0.15, -0.1) is 0 Å². The maximum Gasteiger partial charge on any atom is 0.416 e. The van der Waals surface area contributed by atoms with Crippen LogP contribution in [0.4, 0.5) is 18.9 Å². The van der Waals surface area contributed by atoms with Crippen molar-refractivity contribution in [3.63, 3.8) is 0 Å². The third-order valence-corrected chi connectivity index (χ3v) is 4.63. The van der Waals surface area contributed by atoms with Crippen molar-refractivity contribution >= 4 is 22.6 Å². The van der Waals surface area contributed by atoms with Gasteiger partial charge in [0.05, 0.1) is 16.6 Å². The quantitative estimate of drug-likeness (QED) is 0.530. The van der Waals surface area contributed by atoms with Gasteiger partial charge in [0.15, 0.2) is 5.65 Å². The number of benzene rings is 2. The zero-order valence-corrected chi connectivity index (χ0v) is 16.1. The van der Waals surface area contributed by atoms with Crippen LogP contribution in [0.3, 0.4) is 0 Å². The lowest BCUT2D eigenvalue weighted by atomic mass is 10.1. The van der Waals surface area contributed by atoms with Crippen molar-refractivity contribution in [1.82, 2.24) is 14.5 Å². The molecule has 0 spiro atoms. The number of rotatable bonds is 3. The summed E-state index contributed by atoms with van der Waals surface area (Å²) in [7, 11) is 0. The van der Waals surface area contributed by atoms with Crippen molar-refractivity contribution in [2.45, 2.75) is 13.1 Å². The van der Waals surface area contributed by atoms with Gasteiger partial charge in [0, 0.05) is 17.4 Å². The summed E-state index contributed by atoms with van der Waals surface area (Å²) < 4.78 is 40.1. The molecule has 9 heteroatoms. The number of hydrogen-bond acceptors (Lipinski definition) is 4. The van der Waals surface area contributed by atoms with E-state index < -0.39 is 17.6 Å². The van der Waals surface area contributed by atoms with Gasteiger partial charge in [-0.2, -0.15) is 13.2 Å². The lowest BCUT2D eigenvalue weighted by Crippen LogP contribution is -2.23. The summed E-state index contributed by atoms with van der Waals surface area (Å²) >= 11 is 0. The van der Waals surface area contributed by atoms with Crippen molar-refractivity contribution in [3.8, 4) is 5.69 Å². The SMILES string of the molecule is Cc1nc2ncccc2c(=O)n1-c1cccc(NC(=O)c2cccc(C(F)(F)F)c2)c1. The maximum atomic E-state index is 12.9. The molecule has 156 valence electrons. The zero-order valence-electron chi connectivity index (χ0n) is 16.1. The van der Waals surface area contributed by atoms with Gasteiger partial charge in [-0.25, -0.2) is 9.97 Å². The molecule has 0 saturated carbocycles. The van der Waals surface area contributed by atoms with Crippen LogP contribution in [0.1, 0.15) is 21.7 Å². The number of aromatic nitrogens is 3. The van der Waals surface area contributed by atoms with E-state index in [-0.39, 0.29) is 11.1 Å². The highest BCUT2D eigenvalue weighted by molar-refractivity contribution is 6.04. The molecular formula is C22H15F3N4O2. The number of nitrogens with zero attached hydrogens (tertiary/aromatic N) is 3. The van der Waals surface area contributed by atoms with Crippen molar-refractivity contribution in [3.05, 3.63) is 94.2 Å². The second-order valence-electron chi connectivity index (χ2n) is 6.76. The first kappa shape index (κ1) is 20.3. The topological polar surface area (TPSA) is 76.9 Å². The fourth-order valence-corrected chi connectivity index (χ4v) is 3.19. The van der Waals surface area contributed by atoms with E-state index in [1.165, 1.54) is 16.7 Å². The Labute approximate surface area is 174 Å². The van der Waals surface area contributed by atoms with Crippen LogP contribution in [0.25, 0.3) is 16.7 Å². The zero-order chi connectivity index (χ0) is 22.2. The number of carbonyl (C=O) groups excluding carboxylic acids is 1. The normalized spacial score (nSPS) is 11.5. The summed E-state index contributed by atoms with van der Waals surface area (Å²) in [5.41, 5.74) is -0.272. The molecular weight excluding hydrogens is 409 g/mol. The van der Waals surface area contributed by atoms with E-state index in [1.54, 1.807) is 49.5 Å². The number of anilines is 1. The third-order valence-electron chi connectivity index (χ3n) is 4.63. The minimum absolute atomic E-state index is 0.132. The number of nitrogens with one attached hydrogen (secondary N) is 1. The summed E-state index contributed by atoms with van der Waals surface area (Å²) in [4.78, 5) is 33.8. The molecule has 0 aliphatic rings. The number of fused-ring (bicyclic) bond motifs is 1. The van der Waals surface area contributed by atoms with Crippen LogP contribution in [0, 0.1) is 6.92 Å². The molecule has 0 aliphatic carbocycles. The number of pyridine rings is 1. The molecule has 0 aliphatic heterocycles. The van der Waals surface area contributed by atoms with E-state index in [1.807, 2.05) is 0 Å². The average molecular weight is 424 g/mol. The van der Waals surface area contributed by atoms with Gasteiger partial charge in [-0.1, -0.05) is 12.1 Å². The van der Waals surface area contributed by atoms with Crippen LogP contribution in [0.5, 0.6) is 0 Å². The molecule has 0 unspecified atom stereocenters. The molecule has 0 bridgehead atoms. The lowest BCUT2D eigenvalue weighted by Gasteiger charge is -2.13. The molecule has 1 N–H and O–H groups in total. The van der Waals surface area contributed by atoms with Crippen LogP contribution in [0.15, 0.2) is 71.7 Å². The predicted octanol–water partition coefficient (Wildman–Crippen LogP) is 4.36. The van der Waals surface area contributed by atoms with E-state index in [4.69, 9.17) is 0 Å². The Kier molecular flexibility index (Phi) is 5.02. The highest BCUT2D eigenvalue weighted by Gasteiger charge is 2.30. The van der Waals surface area contributed by atoms with Gasteiger partial charge in [0.1, 0.15) is 5.82 Å². The van der Waals surface area contributed by atoms with Crippen LogP contribution >= 0.6 is 0 Å². The Balaban J connectivity index is 1.68. The first-order valence-corrected chi connectivity index (χ1v) is 9.17. The van der Waals surface area contributed by atoms with E-state index >= 15 is 0 Å². The fraction of sp³-hybridized carbons (Fsp3) is 0.0909. The fourth-order valence-electron chi connectivity index (χ4n) is 3.19. The van der Waals surface area contributed by atoms with Gasteiger partial charge in [-0.3, -0.25) is 14.2 Å². The van der Waals surface area contributed by atoms with E-state index in [2.05, 4.69) is 15.3 Å². The summed E-state index contributed by atoms with van der Waals surface area (Å²) in [6, 6.07) is 13.8. The molecule has 4 aromatic rings. The number of carbonyl (C=O) groups is 1. The first-order valence-electron chi connectivity index (χ1n) is 9.17. The molecule has 4 rings (SSSR count). The molecule has 0 atom stereocenters. The average Bonchev–Trinajstić information content (AvgIpc) is 2.73. The van der Waals surface area contributed by atoms with Crippen LogP contribution in [0.2, 0.25) is 0 Å². The Bertz CT molecular complexity index is 1360. The predicted molar refractivity (Wildman–Crippen MR) is 109 cm³/mol. The van der Waals surface area contributed by atoms with E-state index in [0.29, 0.717) is 28.2 Å². The Morgan fingerprint density at radius 2 is 1.81 bits per heavy atom. The Morgan fingerprint density at radius 1 is 1.03 bits per heavy atom. The third kappa shape index (κ3) is 4.02. The largest absolute Gasteiger partial charge is 0.416 e. The smallest absolute Gasteiger partial charge is 0.322 e. The Hall–Kier alpha value is -4.01. The minimum atomic E-state index is -4.55. The summed E-state index contributed by atoms with van der Waals surface area (Å²) in [6.45, 7) is 1.66. The molecule has 2 aromatic heterocycles. The van der Waals surface area contributed by atoms with Crippen LogP contribution in [-0.4, -0.2) is 20.4 Å². The minimum Gasteiger partial charge on any atom is -0.322 e. The number of hydrogen-bond donors (Lipinski definition) is 1. The van der Waals surface area contributed by atoms with E-state index in [9.17, 15) is 22.8 Å². The first-order chi connectivity index (χ1) is 14.7. The van der Waals surface area contributed by atoms with Gasteiger partial charge in [-0.05, 0) is 55.5 Å². The molecule has 6 nitrogen and oxygen atoms in total. The summed E-state index contributed by atoms with van der Waals surface area (Å²) in [6.07, 6.45) is -3.00. The lowest BCUT2D eigenvalue weighted by molar-refractivity contribution is -0.137. The molecule has 0 radical (unpaired) electrons. The highest BCUT2D eigenvalue weighted by atomic mass is 19.4. The monoisotopic (exact) mass is 424 g/mol. The second kappa shape index (κ2) is 7.67. The number of alkyl halides is 3.